The Morgan fingerprint density at radius 2 is 1.73 bits per heavy atom. The van der Waals surface area contributed by atoms with Crippen molar-refractivity contribution in [2.75, 3.05) is 70.8 Å². The number of hydrogen-bond donors (Lipinski definition) is 2. The SMILES string of the molecule is CNC(=O)Nc1ccc(-c2nc(N3CCOCC3)c3cnn(C4CCN(C(=O)N(C)C)CC4)c3n2)cc1. The van der Waals surface area contributed by atoms with Gasteiger partial charge in [-0.15, -0.1) is 0 Å². The number of ether oxygens (including phenoxy) is 1. The zero-order valence-corrected chi connectivity index (χ0v) is 21.5. The number of benzene rings is 1. The lowest BCUT2D eigenvalue weighted by Crippen LogP contribution is -2.44. The second-order valence-corrected chi connectivity index (χ2v) is 9.47. The molecule has 4 heterocycles. The summed E-state index contributed by atoms with van der Waals surface area (Å²) in [7, 11) is 5.14. The molecule has 3 aromatic rings. The van der Waals surface area contributed by atoms with Crippen molar-refractivity contribution in [3.63, 3.8) is 0 Å². The van der Waals surface area contributed by atoms with Crippen molar-refractivity contribution < 1.29 is 14.3 Å². The van der Waals surface area contributed by atoms with Crippen molar-refractivity contribution in [1.29, 1.82) is 0 Å². The number of carbonyl (C=O) groups is 2. The van der Waals surface area contributed by atoms with Crippen LogP contribution >= 0.6 is 0 Å². The largest absolute Gasteiger partial charge is 0.378 e. The Kier molecular flexibility index (Phi) is 7.08. The van der Waals surface area contributed by atoms with E-state index in [1.54, 1.807) is 26.0 Å². The van der Waals surface area contributed by atoms with Crippen LogP contribution in [0, 0.1) is 0 Å². The number of piperidine rings is 1. The van der Waals surface area contributed by atoms with Gasteiger partial charge in [0.15, 0.2) is 11.5 Å². The quantitative estimate of drug-likeness (QED) is 0.556. The second-order valence-electron chi connectivity index (χ2n) is 9.47. The molecule has 1 aromatic carbocycles. The van der Waals surface area contributed by atoms with E-state index in [1.807, 2.05) is 40.0 Å². The van der Waals surface area contributed by atoms with Crippen LogP contribution in [0.5, 0.6) is 0 Å². The van der Waals surface area contributed by atoms with E-state index in [0.29, 0.717) is 37.8 Å². The first-order valence-corrected chi connectivity index (χ1v) is 12.6. The van der Waals surface area contributed by atoms with Crippen LogP contribution in [0.4, 0.5) is 21.1 Å². The van der Waals surface area contributed by atoms with Gasteiger partial charge in [-0.1, -0.05) is 0 Å². The lowest BCUT2D eigenvalue weighted by atomic mass is 10.1. The van der Waals surface area contributed by atoms with Gasteiger partial charge in [-0.2, -0.15) is 5.10 Å². The monoisotopic (exact) mass is 507 g/mol. The Labute approximate surface area is 215 Å². The highest BCUT2D eigenvalue weighted by molar-refractivity contribution is 5.90. The summed E-state index contributed by atoms with van der Waals surface area (Å²) >= 11 is 0. The van der Waals surface area contributed by atoms with Gasteiger partial charge < -0.3 is 30.1 Å². The minimum atomic E-state index is -0.276. The summed E-state index contributed by atoms with van der Waals surface area (Å²) in [6, 6.07) is 7.38. The normalized spacial score (nSPS) is 16.6. The average molecular weight is 508 g/mol. The molecule has 12 nitrogen and oxygen atoms in total. The van der Waals surface area contributed by atoms with Crippen LogP contribution in [0.3, 0.4) is 0 Å². The van der Waals surface area contributed by atoms with E-state index < -0.39 is 0 Å². The molecule has 2 aliphatic rings. The van der Waals surface area contributed by atoms with E-state index in [9.17, 15) is 9.59 Å². The summed E-state index contributed by atoms with van der Waals surface area (Å²) < 4.78 is 7.57. The summed E-state index contributed by atoms with van der Waals surface area (Å²) in [4.78, 5) is 39.7. The Balaban J connectivity index is 1.48. The lowest BCUT2D eigenvalue weighted by Gasteiger charge is -2.33. The van der Waals surface area contributed by atoms with Gasteiger partial charge in [0.1, 0.15) is 5.82 Å². The summed E-state index contributed by atoms with van der Waals surface area (Å²) in [6.45, 7) is 4.14. The van der Waals surface area contributed by atoms with E-state index in [0.717, 1.165) is 48.3 Å². The molecule has 12 heteroatoms. The molecule has 0 saturated carbocycles. The van der Waals surface area contributed by atoms with Gasteiger partial charge in [-0.3, -0.25) is 0 Å². The zero-order chi connectivity index (χ0) is 25.9. The first kappa shape index (κ1) is 24.8. The second kappa shape index (κ2) is 10.6. The Bertz CT molecular complexity index is 1260. The molecule has 0 spiro atoms. The standard InChI is InChI=1S/C25H33N9O3/c1-26-24(35)28-18-6-4-17(5-7-18)21-29-22(32-12-14-37-15-13-32)20-16-27-34(23(20)30-21)19-8-10-33(11-9-19)25(36)31(2)3/h4-7,16,19H,8-15H2,1-3H3,(H2,26,28,35). The number of rotatable bonds is 4. The number of morpholine rings is 1. The van der Waals surface area contributed by atoms with Crippen LogP contribution in [0.15, 0.2) is 30.5 Å². The number of aromatic nitrogens is 4. The number of carbonyl (C=O) groups excluding carboxylic acids is 2. The molecular weight excluding hydrogens is 474 g/mol. The third-order valence-corrected chi connectivity index (χ3v) is 6.84. The molecule has 0 radical (unpaired) electrons. The molecule has 0 atom stereocenters. The van der Waals surface area contributed by atoms with Crippen LogP contribution in [0.1, 0.15) is 18.9 Å². The number of urea groups is 2. The molecule has 2 aromatic heterocycles. The summed E-state index contributed by atoms with van der Waals surface area (Å²) in [5.41, 5.74) is 2.32. The molecule has 5 rings (SSSR count). The van der Waals surface area contributed by atoms with Gasteiger partial charge in [0, 0.05) is 58.6 Å². The summed E-state index contributed by atoms with van der Waals surface area (Å²) in [5, 5.41) is 11.0. The van der Waals surface area contributed by atoms with Crippen molar-refractivity contribution >= 4 is 34.6 Å². The maximum Gasteiger partial charge on any atom is 0.319 e. The van der Waals surface area contributed by atoms with Crippen LogP contribution in [0.2, 0.25) is 0 Å². The number of likely N-dealkylation sites (tertiary alicyclic amines) is 1. The molecule has 196 valence electrons. The molecule has 37 heavy (non-hydrogen) atoms. The third-order valence-electron chi connectivity index (χ3n) is 6.84. The molecule has 2 saturated heterocycles. The molecule has 0 unspecified atom stereocenters. The fourth-order valence-corrected chi connectivity index (χ4v) is 4.80. The first-order valence-electron chi connectivity index (χ1n) is 12.6. The molecule has 2 fully saturated rings. The van der Waals surface area contributed by atoms with Crippen molar-refractivity contribution in [2.45, 2.75) is 18.9 Å². The van der Waals surface area contributed by atoms with E-state index in [1.165, 1.54) is 0 Å². The van der Waals surface area contributed by atoms with Gasteiger partial charge >= 0.3 is 12.1 Å². The topological polar surface area (TPSA) is 121 Å². The van der Waals surface area contributed by atoms with Gasteiger partial charge in [-0.25, -0.2) is 24.2 Å². The lowest BCUT2D eigenvalue weighted by molar-refractivity contribution is 0.122. The molecule has 4 amide bonds. The maximum absolute atomic E-state index is 12.4. The smallest absolute Gasteiger partial charge is 0.319 e. The summed E-state index contributed by atoms with van der Waals surface area (Å²) in [5.74, 6) is 1.45. The molecular formula is C25H33N9O3. The van der Waals surface area contributed by atoms with Gasteiger partial charge in [0.05, 0.1) is 30.8 Å². The van der Waals surface area contributed by atoms with E-state index in [2.05, 4.69) is 15.5 Å². The number of nitrogens with zero attached hydrogens (tertiary/aromatic N) is 7. The minimum absolute atomic E-state index is 0.0392. The van der Waals surface area contributed by atoms with E-state index in [4.69, 9.17) is 19.8 Å². The number of anilines is 2. The Hall–Kier alpha value is -3.93. The van der Waals surface area contributed by atoms with E-state index in [-0.39, 0.29) is 18.1 Å². The summed E-state index contributed by atoms with van der Waals surface area (Å²) in [6.07, 6.45) is 3.47. The molecule has 2 aliphatic heterocycles. The van der Waals surface area contributed by atoms with Crippen molar-refractivity contribution in [2.24, 2.45) is 0 Å². The number of nitrogens with one attached hydrogen (secondary N) is 2. The van der Waals surface area contributed by atoms with Crippen molar-refractivity contribution in [3.05, 3.63) is 30.5 Å². The maximum atomic E-state index is 12.4. The molecule has 2 N–H and O–H groups in total. The van der Waals surface area contributed by atoms with Gasteiger partial charge in [-0.05, 0) is 37.1 Å². The number of fused-ring (bicyclic) bond motifs is 1. The first-order chi connectivity index (χ1) is 17.9. The highest BCUT2D eigenvalue weighted by Crippen LogP contribution is 2.32. The fourth-order valence-electron chi connectivity index (χ4n) is 4.80. The fraction of sp³-hybridized carbons (Fsp3) is 0.480. The van der Waals surface area contributed by atoms with Crippen LogP contribution in [0.25, 0.3) is 22.4 Å². The third kappa shape index (κ3) is 5.15. The molecule has 0 bridgehead atoms. The van der Waals surface area contributed by atoms with Crippen LogP contribution < -0.4 is 15.5 Å². The predicted molar refractivity (Wildman–Crippen MR) is 141 cm³/mol. The number of hydrogen-bond acceptors (Lipinski definition) is 7. The zero-order valence-electron chi connectivity index (χ0n) is 21.5. The molecule has 0 aliphatic carbocycles. The highest BCUT2D eigenvalue weighted by atomic mass is 16.5. The Morgan fingerprint density at radius 3 is 2.38 bits per heavy atom. The minimum Gasteiger partial charge on any atom is -0.378 e. The highest BCUT2D eigenvalue weighted by Gasteiger charge is 2.28. The van der Waals surface area contributed by atoms with Crippen LogP contribution in [-0.4, -0.2) is 102 Å². The Morgan fingerprint density at radius 1 is 1.03 bits per heavy atom. The van der Waals surface area contributed by atoms with E-state index >= 15 is 0 Å². The van der Waals surface area contributed by atoms with Crippen molar-refractivity contribution in [3.8, 4) is 11.4 Å². The van der Waals surface area contributed by atoms with Crippen molar-refractivity contribution in [1.82, 2.24) is 34.9 Å². The predicted octanol–water partition coefficient (Wildman–Crippen LogP) is 2.40. The van der Waals surface area contributed by atoms with Gasteiger partial charge in [0.25, 0.3) is 0 Å². The van der Waals surface area contributed by atoms with Gasteiger partial charge in [0.2, 0.25) is 0 Å². The average Bonchev–Trinajstić information content (AvgIpc) is 3.37. The number of amides is 4. The van der Waals surface area contributed by atoms with Crippen LogP contribution in [-0.2, 0) is 4.74 Å².